The van der Waals surface area contributed by atoms with Gasteiger partial charge in [-0.3, -0.25) is 14.6 Å². The van der Waals surface area contributed by atoms with Crippen molar-refractivity contribution in [3.8, 4) is 0 Å². The highest BCUT2D eigenvalue weighted by Crippen LogP contribution is 2.34. The molecule has 0 unspecified atom stereocenters. The zero-order valence-electron chi connectivity index (χ0n) is 15.3. The largest absolute Gasteiger partial charge is 0.371 e. The van der Waals surface area contributed by atoms with Crippen LogP contribution in [0.3, 0.4) is 0 Å². The third kappa shape index (κ3) is 4.81. The molecule has 0 bridgehead atoms. The number of nitrogens with two attached hydrogens (primary N) is 1. The highest BCUT2D eigenvalue weighted by Gasteiger charge is 2.38. The van der Waals surface area contributed by atoms with Gasteiger partial charge in [0.25, 0.3) is 0 Å². The van der Waals surface area contributed by atoms with Crippen LogP contribution < -0.4 is 5.73 Å². The summed E-state index contributed by atoms with van der Waals surface area (Å²) < 4.78 is 5.48. The van der Waals surface area contributed by atoms with E-state index in [-0.39, 0.29) is 30.3 Å². The van der Waals surface area contributed by atoms with E-state index in [1.165, 1.54) is 12.8 Å². The maximum Gasteiger partial charge on any atom is 0.243 e. The van der Waals surface area contributed by atoms with Gasteiger partial charge in [0.15, 0.2) is 0 Å². The van der Waals surface area contributed by atoms with E-state index >= 15 is 0 Å². The molecule has 2 amide bonds. The number of carbonyl (C=O) groups excluding carboxylic acids is 2. The average Bonchev–Trinajstić information content (AvgIpc) is 2.87. The summed E-state index contributed by atoms with van der Waals surface area (Å²) in [5.74, 6) is 0.249. The number of primary amides is 1. The van der Waals surface area contributed by atoms with Gasteiger partial charge in [-0.15, -0.1) is 0 Å². The van der Waals surface area contributed by atoms with Gasteiger partial charge >= 0.3 is 0 Å². The first-order valence-electron chi connectivity index (χ1n) is 9.71. The summed E-state index contributed by atoms with van der Waals surface area (Å²) in [6.45, 7) is 1.67. The van der Waals surface area contributed by atoms with Crippen LogP contribution in [0.4, 0.5) is 0 Å². The van der Waals surface area contributed by atoms with Crippen molar-refractivity contribution in [3.63, 3.8) is 0 Å². The second-order valence-corrected chi connectivity index (χ2v) is 7.53. The van der Waals surface area contributed by atoms with Crippen molar-refractivity contribution >= 4 is 11.8 Å². The Morgan fingerprint density at radius 1 is 1.15 bits per heavy atom. The van der Waals surface area contributed by atoms with E-state index in [1.807, 2.05) is 23.1 Å². The van der Waals surface area contributed by atoms with Crippen LogP contribution in [0.5, 0.6) is 0 Å². The maximum atomic E-state index is 13.0. The van der Waals surface area contributed by atoms with Crippen LogP contribution in [0.15, 0.2) is 24.4 Å². The minimum Gasteiger partial charge on any atom is -0.371 e. The molecule has 0 spiro atoms. The van der Waals surface area contributed by atoms with E-state index in [1.54, 1.807) is 6.20 Å². The van der Waals surface area contributed by atoms with Crippen LogP contribution in [-0.2, 0) is 14.3 Å². The molecule has 142 valence electrons. The highest BCUT2D eigenvalue weighted by atomic mass is 16.5. The van der Waals surface area contributed by atoms with E-state index in [0.717, 1.165) is 31.4 Å². The van der Waals surface area contributed by atoms with E-state index in [4.69, 9.17) is 10.5 Å². The quantitative estimate of drug-likeness (QED) is 0.788. The van der Waals surface area contributed by atoms with Gasteiger partial charge in [0.1, 0.15) is 6.61 Å². The molecule has 1 aliphatic heterocycles. The topological polar surface area (TPSA) is 85.5 Å². The zero-order chi connectivity index (χ0) is 18.4. The third-order valence-corrected chi connectivity index (χ3v) is 5.60. The lowest BCUT2D eigenvalue weighted by molar-refractivity contribution is -0.135. The van der Waals surface area contributed by atoms with Crippen LogP contribution in [-0.4, -0.2) is 48.0 Å². The van der Waals surface area contributed by atoms with E-state index in [2.05, 4.69) is 4.98 Å². The lowest BCUT2D eigenvalue weighted by atomic mass is 9.93. The van der Waals surface area contributed by atoms with Gasteiger partial charge in [0.05, 0.1) is 6.61 Å². The Hall–Kier alpha value is -1.95. The van der Waals surface area contributed by atoms with Gasteiger partial charge in [0, 0.05) is 42.7 Å². The lowest BCUT2D eigenvalue weighted by Gasteiger charge is -2.22. The number of amides is 2. The molecule has 1 aliphatic carbocycles. The van der Waals surface area contributed by atoms with Gasteiger partial charge in [-0.1, -0.05) is 31.7 Å². The van der Waals surface area contributed by atoms with Crippen LogP contribution in [0.2, 0.25) is 0 Å². The van der Waals surface area contributed by atoms with Crippen molar-refractivity contribution in [1.29, 1.82) is 0 Å². The molecule has 2 aliphatic rings. The number of likely N-dealkylation sites (tertiary alicyclic amines) is 1. The fourth-order valence-corrected chi connectivity index (χ4v) is 4.25. The Morgan fingerprint density at radius 2 is 1.92 bits per heavy atom. The van der Waals surface area contributed by atoms with E-state index in [9.17, 15) is 9.59 Å². The molecular formula is C20H29N3O3. The second kappa shape index (κ2) is 9.12. The summed E-state index contributed by atoms with van der Waals surface area (Å²) in [5.41, 5.74) is 6.15. The van der Waals surface area contributed by atoms with Crippen molar-refractivity contribution in [2.24, 2.45) is 17.6 Å². The standard InChI is InChI=1S/C20H29N3O3/c21-19(24)14-26-13-16-11-23(12-17(16)18-9-5-6-10-22-18)20(25)15-7-3-1-2-4-8-15/h5-6,9-10,15-17H,1-4,7-8,11-14H2,(H2,21,24)/t16-,17+/m0/s1. The summed E-state index contributed by atoms with van der Waals surface area (Å²) in [6, 6.07) is 5.87. The monoisotopic (exact) mass is 359 g/mol. The number of rotatable bonds is 6. The normalized spacial score (nSPS) is 24.4. The van der Waals surface area contributed by atoms with Crippen LogP contribution >= 0.6 is 0 Å². The fourth-order valence-electron chi connectivity index (χ4n) is 4.25. The summed E-state index contributed by atoms with van der Waals surface area (Å²) in [6.07, 6.45) is 8.58. The van der Waals surface area contributed by atoms with Gasteiger partial charge in [-0.25, -0.2) is 0 Å². The molecule has 0 aromatic carbocycles. The molecule has 2 N–H and O–H groups in total. The predicted molar refractivity (Wildman–Crippen MR) is 98.3 cm³/mol. The number of ether oxygens (including phenoxy) is 1. The van der Waals surface area contributed by atoms with Crippen molar-refractivity contribution < 1.29 is 14.3 Å². The molecule has 2 fully saturated rings. The SMILES string of the molecule is NC(=O)COC[C@@H]1CN(C(=O)C2CCCCCC2)C[C@H]1c1ccccn1. The Kier molecular flexibility index (Phi) is 6.61. The van der Waals surface area contributed by atoms with Crippen molar-refractivity contribution in [1.82, 2.24) is 9.88 Å². The van der Waals surface area contributed by atoms with E-state index < -0.39 is 5.91 Å². The Morgan fingerprint density at radius 3 is 2.58 bits per heavy atom. The smallest absolute Gasteiger partial charge is 0.243 e. The van der Waals surface area contributed by atoms with Gasteiger partial charge in [-0.2, -0.15) is 0 Å². The van der Waals surface area contributed by atoms with Crippen LogP contribution in [0.25, 0.3) is 0 Å². The molecule has 1 aromatic heterocycles. The van der Waals surface area contributed by atoms with Crippen LogP contribution in [0, 0.1) is 11.8 Å². The minimum atomic E-state index is -0.469. The second-order valence-electron chi connectivity index (χ2n) is 7.53. The molecule has 1 aromatic rings. The summed E-state index contributed by atoms with van der Waals surface area (Å²) >= 11 is 0. The Bertz CT molecular complexity index is 600. The summed E-state index contributed by atoms with van der Waals surface area (Å²) in [7, 11) is 0. The molecule has 26 heavy (non-hydrogen) atoms. The molecule has 2 atom stereocenters. The molecule has 6 heteroatoms. The summed E-state index contributed by atoms with van der Waals surface area (Å²) in [4.78, 5) is 30.5. The van der Waals surface area contributed by atoms with Gasteiger partial charge < -0.3 is 15.4 Å². The summed E-state index contributed by atoms with van der Waals surface area (Å²) in [5, 5.41) is 0. The zero-order valence-corrected chi connectivity index (χ0v) is 15.3. The molecule has 1 saturated heterocycles. The molecule has 2 heterocycles. The Labute approximate surface area is 155 Å². The maximum absolute atomic E-state index is 13.0. The van der Waals surface area contributed by atoms with Crippen molar-refractivity contribution in [3.05, 3.63) is 30.1 Å². The average molecular weight is 359 g/mol. The van der Waals surface area contributed by atoms with Gasteiger partial charge in [-0.05, 0) is 25.0 Å². The highest BCUT2D eigenvalue weighted by molar-refractivity contribution is 5.79. The Balaban J connectivity index is 1.68. The van der Waals surface area contributed by atoms with E-state index in [0.29, 0.717) is 19.7 Å². The third-order valence-electron chi connectivity index (χ3n) is 5.60. The lowest BCUT2D eigenvalue weighted by Crippen LogP contribution is -2.35. The number of aromatic nitrogens is 1. The number of hydrogen-bond donors (Lipinski definition) is 1. The first-order valence-corrected chi connectivity index (χ1v) is 9.71. The molecular weight excluding hydrogens is 330 g/mol. The number of carbonyl (C=O) groups is 2. The van der Waals surface area contributed by atoms with Crippen molar-refractivity contribution in [2.75, 3.05) is 26.3 Å². The predicted octanol–water partition coefficient (Wildman–Crippen LogP) is 2.10. The first kappa shape index (κ1) is 18.8. The number of hydrogen-bond acceptors (Lipinski definition) is 4. The molecule has 1 saturated carbocycles. The minimum absolute atomic E-state index is 0.0813. The number of nitrogens with zero attached hydrogens (tertiary/aromatic N) is 2. The van der Waals surface area contributed by atoms with Crippen LogP contribution in [0.1, 0.15) is 50.1 Å². The molecule has 0 radical (unpaired) electrons. The fraction of sp³-hybridized carbons (Fsp3) is 0.650. The van der Waals surface area contributed by atoms with Crippen molar-refractivity contribution in [2.45, 2.75) is 44.4 Å². The van der Waals surface area contributed by atoms with Gasteiger partial charge in [0.2, 0.25) is 11.8 Å². The first-order chi connectivity index (χ1) is 12.6. The number of pyridine rings is 1. The molecule has 3 rings (SSSR count). The molecule has 6 nitrogen and oxygen atoms in total.